The second-order valence-corrected chi connectivity index (χ2v) is 6.47. The number of hydrogen-bond acceptors (Lipinski definition) is 4. The number of aryl methyl sites for hydroxylation is 1. The van der Waals surface area contributed by atoms with Crippen molar-refractivity contribution in [2.75, 3.05) is 20.1 Å². The molecule has 0 aliphatic heterocycles. The zero-order valence-corrected chi connectivity index (χ0v) is 12.9. The number of nitrogens with one attached hydrogen (secondary N) is 2. The van der Waals surface area contributed by atoms with Crippen molar-refractivity contribution < 1.29 is 21.6 Å². The van der Waals surface area contributed by atoms with E-state index >= 15 is 0 Å². The number of sulfonamides is 1. The van der Waals surface area contributed by atoms with E-state index in [1.54, 1.807) is 20.9 Å². The summed E-state index contributed by atoms with van der Waals surface area (Å²) in [7, 11) is -2.68. The van der Waals surface area contributed by atoms with Crippen molar-refractivity contribution in [1.82, 2.24) is 19.8 Å². The van der Waals surface area contributed by atoms with Gasteiger partial charge in [0.2, 0.25) is 0 Å². The Labute approximate surface area is 121 Å². The van der Waals surface area contributed by atoms with Crippen molar-refractivity contribution in [2.24, 2.45) is 0 Å². The first kappa shape index (κ1) is 17.9. The molecule has 10 heteroatoms. The van der Waals surface area contributed by atoms with Crippen LogP contribution in [-0.4, -0.2) is 49.2 Å². The molecule has 0 fully saturated rings. The van der Waals surface area contributed by atoms with E-state index in [4.69, 9.17) is 0 Å². The van der Waals surface area contributed by atoms with Gasteiger partial charge in [-0.1, -0.05) is 6.92 Å². The van der Waals surface area contributed by atoms with E-state index in [-0.39, 0.29) is 24.5 Å². The molecule has 0 saturated heterocycles. The Hall–Kier alpha value is -1.13. The highest BCUT2D eigenvalue weighted by Crippen LogP contribution is 2.25. The van der Waals surface area contributed by atoms with E-state index in [0.29, 0.717) is 15.6 Å². The van der Waals surface area contributed by atoms with Gasteiger partial charge in [-0.3, -0.25) is 5.10 Å². The first-order chi connectivity index (χ1) is 9.63. The number of aromatic amines is 1. The predicted molar refractivity (Wildman–Crippen MR) is 71.2 cm³/mol. The maximum absolute atomic E-state index is 12.6. The van der Waals surface area contributed by atoms with Crippen molar-refractivity contribution in [3.8, 4) is 0 Å². The smallest absolute Gasteiger partial charge is 0.316 e. The van der Waals surface area contributed by atoms with Crippen LogP contribution in [0.4, 0.5) is 13.2 Å². The van der Waals surface area contributed by atoms with Crippen LogP contribution in [0, 0.1) is 6.92 Å². The molecule has 1 heterocycles. The molecular weight excluding hydrogens is 309 g/mol. The average molecular weight is 328 g/mol. The third-order valence-electron chi connectivity index (χ3n) is 2.80. The molecule has 122 valence electrons. The summed E-state index contributed by atoms with van der Waals surface area (Å²) in [6, 6.07) is 0. The summed E-state index contributed by atoms with van der Waals surface area (Å²) >= 11 is 0. The Kier molecular flexibility index (Phi) is 5.76. The maximum Gasteiger partial charge on any atom is 0.402 e. The first-order valence-electron chi connectivity index (χ1n) is 6.38. The molecule has 0 aromatic carbocycles. The van der Waals surface area contributed by atoms with Gasteiger partial charge in [0, 0.05) is 24.3 Å². The molecular formula is C11H19F3N4O2S. The van der Waals surface area contributed by atoms with Gasteiger partial charge < -0.3 is 5.32 Å². The lowest BCUT2D eigenvalue weighted by atomic mass is 10.3. The monoisotopic (exact) mass is 328 g/mol. The van der Waals surface area contributed by atoms with Crippen LogP contribution in [0.5, 0.6) is 0 Å². The van der Waals surface area contributed by atoms with Crippen LogP contribution < -0.4 is 5.32 Å². The molecule has 2 N–H and O–H groups in total. The van der Waals surface area contributed by atoms with Crippen molar-refractivity contribution >= 4 is 10.0 Å². The van der Waals surface area contributed by atoms with Gasteiger partial charge in [0.1, 0.15) is 6.54 Å². The summed E-state index contributed by atoms with van der Waals surface area (Å²) in [5.41, 5.74) is 0.854. The Morgan fingerprint density at radius 1 is 1.38 bits per heavy atom. The lowest BCUT2D eigenvalue weighted by molar-refractivity contribution is -0.136. The van der Waals surface area contributed by atoms with Gasteiger partial charge in [-0.2, -0.15) is 22.6 Å². The molecule has 0 bridgehead atoms. The summed E-state index contributed by atoms with van der Waals surface area (Å²) in [5, 5.41) is 8.61. The SMILES string of the molecule is CCCN(CC(F)(F)F)S(=O)(=O)c1n[nH]c(C)c1CNC. The fourth-order valence-electron chi connectivity index (χ4n) is 1.88. The van der Waals surface area contributed by atoms with E-state index in [0.717, 1.165) is 0 Å². The van der Waals surface area contributed by atoms with Crippen molar-refractivity contribution in [2.45, 2.75) is 38.0 Å². The third kappa shape index (κ3) is 4.42. The summed E-state index contributed by atoms with van der Waals surface area (Å²) in [6.07, 6.45) is -4.32. The molecule has 0 unspecified atom stereocenters. The van der Waals surface area contributed by atoms with Crippen molar-refractivity contribution in [3.05, 3.63) is 11.3 Å². The Bertz CT molecular complexity index is 569. The zero-order valence-electron chi connectivity index (χ0n) is 12.1. The lowest BCUT2D eigenvalue weighted by Gasteiger charge is -2.22. The maximum atomic E-state index is 12.6. The highest BCUT2D eigenvalue weighted by Gasteiger charge is 2.38. The Balaban J connectivity index is 3.23. The molecule has 6 nitrogen and oxygen atoms in total. The van der Waals surface area contributed by atoms with Gasteiger partial charge in [-0.25, -0.2) is 8.42 Å². The second-order valence-electron chi connectivity index (χ2n) is 4.62. The van der Waals surface area contributed by atoms with Gasteiger partial charge >= 0.3 is 6.18 Å². The number of rotatable bonds is 7. The van der Waals surface area contributed by atoms with Crippen LogP contribution in [0.25, 0.3) is 0 Å². The van der Waals surface area contributed by atoms with Crippen LogP contribution >= 0.6 is 0 Å². The topological polar surface area (TPSA) is 78.1 Å². The second kappa shape index (κ2) is 6.75. The van der Waals surface area contributed by atoms with E-state index in [1.165, 1.54) is 0 Å². The molecule has 0 saturated carbocycles. The number of nitrogens with zero attached hydrogens (tertiary/aromatic N) is 2. The quantitative estimate of drug-likeness (QED) is 0.793. The Morgan fingerprint density at radius 3 is 2.48 bits per heavy atom. The number of aromatic nitrogens is 2. The molecule has 1 rings (SSSR count). The van der Waals surface area contributed by atoms with E-state index in [2.05, 4.69) is 15.5 Å². The van der Waals surface area contributed by atoms with Crippen LogP contribution in [0.3, 0.4) is 0 Å². The molecule has 1 aromatic heterocycles. The Morgan fingerprint density at radius 2 is 2.00 bits per heavy atom. The van der Waals surface area contributed by atoms with Gasteiger partial charge in [-0.05, 0) is 20.4 Å². The minimum atomic E-state index is -4.60. The van der Waals surface area contributed by atoms with Gasteiger partial charge in [-0.15, -0.1) is 0 Å². The normalized spacial score (nSPS) is 13.1. The molecule has 0 aliphatic carbocycles. The minimum Gasteiger partial charge on any atom is -0.316 e. The summed E-state index contributed by atoms with van der Waals surface area (Å²) in [6.45, 7) is 1.69. The van der Waals surface area contributed by atoms with E-state index in [9.17, 15) is 21.6 Å². The molecule has 0 aliphatic rings. The number of hydrogen-bond donors (Lipinski definition) is 2. The highest BCUT2D eigenvalue weighted by atomic mass is 32.2. The molecule has 0 spiro atoms. The summed E-state index contributed by atoms with van der Waals surface area (Å²) < 4.78 is 63.0. The average Bonchev–Trinajstić information content (AvgIpc) is 2.70. The summed E-state index contributed by atoms with van der Waals surface area (Å²) in [5.74, 6) is 0. The molecule has 21 heavy (non-hydrogen) atoms. The van der Waals surface area contributed by atoms with Crippen LogP contribution in [0.2, 0.25) is 0 Å². The minimum absolute atomic E-state index is 0.197. The van der Waals surface area contributed by atoms with E-state index < -0.39 is 22.7 Å². The highest BCUT2D eigenvalue weighted by molar-refractivity contribution is 7.89. The molecule has 0 amide bonds. The first-order valence-corrected chi connectivity index (χ1v) is 7.82. The zero-order chi connectivity index (χ0) is 16.3. The molecule has 1 aromatic rings. The molecule has 0 radical (unpaired) electrons. The number of alkyl halides is 3. The number of H-pyrrole nitrogens is 1. The van der Waals surface area contributed by atoms with E-state index in [1.807, 2.05) is 0 Å². The predicted octanol–water partition coefficient (Wildman–Crippen LogP) is 1.40. The lowest BCUT2D eigenvalue weighted by Crippen LogP contribution is -2.40. The van der Waals surface area contributed by atoms with Crippen molar-refractivity contribution in [1.29, 1.82) is 0 Å². The summed E-state index contributed by atoms with van der Waals surface area (Å²) in [4.78, 5) is 0. The van der Waals surface area contributed by atoms with Gasteiger partial charge in [0.15, 0.2) is 5.03 Å². The largest absolute Gasteiger partial charge is 0.402 e. The van der Waals surface area contributed by atoms with Crippen LogP contribution in [0.1, 0.15) is 24.6 Å². The molecule has 0 atom stereocenters. The third-order valence-corrected chi connectivity index (χ3v) is 4.62. The fraction of sp³-hybridized carbons (Fsp3) is 0.727. The van der Waals surface area contributed by atoms with Crippen LogP contribution in [0.15, 0.2) is 5.03 Å². The van der Waals surface area contributed by atoms with Crippen molar-refractivity contribution in [3.63, 3.8) is 0 Å². The number of halogens is 3. The standard InChI is InChI=1S/C11H19F3N4O2S/c1-4-5-18(7-11(12,13)14)21(19,20)10-9(6-15-3)8(2)16-17-10/h15H,4-7H2,1-3H3,(H,16,17). The van der Waals surface area contributed by atoms with Gasteiger partial charge in [0.25, 0.3) is 10.0 Å². The fourth-order valence-corrected chi connectivity index (χ4v) is 3.57. The van der Waals surface area contributed by atoms with Crippen LogP contribution in [-0.2, 0) is 16.6 Å². The van der Waals surface area contributed by atoms with Gasteiger partial charge in [0.05, 0.1) is 0 Å².